The lowest BCUT2D eigenvalue weighted by molar-refractivity contribution is -0.134. The van der Waals surface area contributed by atoms with E-state index in [0.29, 0.717) is 30.3 Å². The second kappa shape index (κ2) is 11.5. The highest BCUT2D eigenvalue weighted by atomic mass is 35.5. The van der Waals surface area contributed by atoms with Crippen LogP contribution >= 0.6 is 11.6 Å². The van der Waals surface area contributed by atoms with E-state index in [0.717, 1.165) is 16.7 Å². The third-order valence-corrected chi connectivity index (χ3v) is 6.58. The molecule has 1 atom stereocenters. The van der Waals surface area contributed by atoms with Gasteiger partial charge >= 0.3 is 0 Å². The van der Waals surface area contributed by atoms with Crippen molar-refractivity contribution in [2.45, 2.75) is 73.0 Å². The maximum Gasteiger partial charge on any atom is 0.227 e. The van der Waals surface area contributed by atoms with Crippen LogP contribution in [0.25, 0.3) is 0 Å². The van der Waals surface area contributed by atoms with E-state index in [1.807, 2.05) is 65.6 Å². The molecule has 0 N–H and O–H groups in total. The van der Waals surface area contributed by atoms with Crippen LogP contribution in [0.1, 0.15) is 76.8 Å². The Morgan fingerprint density at radius 1 is 0.889 bits per heavy atom. The van der Waals surface area contributed by atoms with Crippen LogP contribution in [-0.2, 0) is 23.2 Å². The van der Waals surface area contributed by atoms with Crippen molar-refractivity contribution >= 4 is 17.5 Å². The summed E-state index contributed by atoms with van der Waals surface area (Å²) < 4.78 is 5.95. The molecule has 192 valence electrons. The molecule has 0 bridgehead atoms. The Balaban J connectivity index is 1.80. The van der Waals surface area contributed by atoms with Crippen LogP contribution in [0.15, 0.2) is 72.8 Å². The Hall–Kier alpha value is -2.78. The van der Waals surface area contributed by atoms with Gasteiger partial charge in [-0.15, -0.1) is 0 Å². The highest BCUT2D eigenvalue weighted by Crippen LogP contribution is 2.33. The monoisotopic (exact) mass is 505 g/mol. The van der Waals surface area contributed by atoms with Crippen LogP contribution < -0.4 is 4.74 Å². The van der Waals surface area contributed by atoms with Gasteiger partial charge in [0.25, 0.3) is 0 Å². The lowest BCUT2D eigenvalue weighted by Crippen LogP contribution is -2.40. The van der Waals surface area contributed by atoms with Crippen molar-refractivity contribution in [3.63, 3.8) is 0 Å². The van der Waals surface area contributed by atoms with Gasteiger partial charge in [0.2, 0.25) is 5.91 Å². The number of hydrogen-bond acceptors (Lipinski definition) is 2. The molecule has 4 heteroatoms. The summed E-state index contributed by atoms with van der Waals surface area (Å²) in [6, 6.07) is 24.0. The molecule has 1 unspecified atom stereocenters. The van der Waals surface area contributed by atoms with Gasteiger partial charge in [0.1, 0.15) is 12.4 Å². The number of halogens is 1. The highest BCUT2D eigenvalue weighted by Gasteiger charge is 2.28. The van der Waals surface area contributed by atoms with Gasteiger partial charge in [0, 0.05) is 11.6 Å². The van der Waals surface area contributed by atoms with E-state index in [4.69, 9.17) is 16.3 Å². The minimum atomic E-state index is -0.168. The lowest BCUT2D eigenvalue weighted by atomic mass is 9.86. The summed E-state index contributed by atoms with van der Waals surface area (Å²) in [7, 11) is 0. The Labute approximate surface area is 222 Å². The molecule has 0 aliphatic rings. The molecule has 0 aromatic heterocycles. The summed E-state index contributed by atoms with van der Waals surface area (Å²) in [4.78, 5) is 15.6. The second-order valence-electron chi connectivity index (χ2n) is 11.8. The van der Waals surface area contributed by atoms with Gasteiger partial charge < -0.3 is 9.64 Å². The van der Waals surface area contributed by atoms with E-state index in [-0.39, 0.29) is 22.8 Å². The molecule has 0 spiro atoms. The molecule has 0 saturated heterocycles. The number of carbonyl (C=O) groups excluding carboxylic acids is 1. The molecule has 3 aromatic rings. The standard InChI is InChI=1S/C32H40ClNO2/c1-23(28-17-16-27(20-29(28)33)36-21-24-12-9-8-10-13-24)34(22-31(2,3)4)30(35)19-25-14-11-15-26(18-25)32(5,6)7/h8-18,20,23H,19,21-22H2,1-7H3. The molecule has 0 saturated carbocycles. The molecule has 0 aliphatic carbocycles. The number of benzene rings is 3. The summed E-state index contributed by atoms with van der Waals surface area (Å²) in [5, 5.41) is 0.606. The number of amides is 1. The van der Waals surface area contributed by atoms with E-state index in [1.165, 1.54) is 5.56 Å². The van der Waals surface area contributed by atoms with Crippen molar-refractivity contribution in [3.8, 4) is 5.75 Å². The van der Waals surface area contributed by atoms with Gasteiger partial charge in [-0.05, 0) is 52.1 Å². The molecule has 0 fully saturated rings. The minimum Gasteiger partial charge on any atom is -0.489 e. The largest absolute Gasteiger partial charge is 0.489 e. The number of nitrogens with zero attached hydrogens (tertiary/aromatic N) is 1. The van der Waals surface area contributed by atoms with Gasteiger partial charge in [0.05, 0.1) is 12.5 Å². The van der Waals surface area contributed by atoms with Crippen molar-refractivity contribution in [2.24, 2.45) is 5.41 Å². The predicted molar refractivity (Wildman–Crippen MR) is 151 cm³/mol. The second-order valence-corrected chi connectivity index (χ2v) is 12.3. The Morgan fingerprint density at radius 3 is 2.17 bits per heavy atom. The molecular formula is C32H40ClNO2. The Morgan fingerprint density at radius 2 is 1.56 bits per heavy atom. The summed E-state index contributed by atoms with van der Waals surface area (Å²) in [6.07, 6.45) is 0.361. The Kier molecular flexibility index (Phi) is 8.89. The van der Waals surface area contributed by atoms with Crippen LogP contribution in [0.4, 0.5) is 0 Å². The normalized spacial score (nSPS) is 12.8. The SMILES string of the molecule is CC(c1ccc(OCc2ccccc2)cc1Cl)N(CC(C)(C)C)C(=O)Cc1cccc(C(C)(C)C)c1. The number of ether oxygens (including phenoxy) is 1. The fourth-order valence-electron chi connectivity index (χ4n) is 4.22. The third-order valence-electron chi connectivity index (χ3n) is 6.25. The van der Waals surface area contributed by atoms with Gasteiger partial charge in [-0.25, -0.2) is 0 Å². The van der Waals surface area contributed by atoms with E-state index in [9.17, 15) is 4.79 Å². The van der Waals surface area contributed by atoms with Crippen molar-refractivity contribution in [2.75, 3.05) is 6.54 Å². The average molecular weight is 506 g/mol. The zero-order chi connectivity index (χ0) is 26.5. The summed E-state index contributed by atoms with van der Waals surface area (Å²) in [5.74, 6) is 0.816. The van der Waals surface area contributed by atoms with Gasteiger partial charge in [0.15, 0.2) is 0 Å². The van der Waals surface area contributed by atoms with Gasteiger partial charge in [-0.1, -0.05) is 114 Å². The first-order chi connectivity index (χ1) is 16.8. The molecule has 3 rings (SSSR count). The summed E-state index contributed by atoms with van der Waals surface area (Å²) >= 11 is 6.74. The Bertz CT molecular complexity index is 1160. The van der Waals surface area contributed by atoms with Crippen LogP contribution in [0.5, 0.6) is 5.75 Å². The zero-order valence-corrected chi connectivity index (χ0v) is 23.5. The van der Waals surface area contributed by atoms with Crippen molar-refractivity contribution < 1.29 is 9.53 Å². The third kappa shape index (κ3) is 7.86. The van der Waals surface area contributed by atoms with Crippen molar-refractivity contribution in [1.29, 1.82) is 0 Å². The molecule has 3 nitrogen and oxygen atoms in total. The van der Waals surface area contributed by atoms with Gasteiger partial charge in [-0.3, -0.25) is 4.79 Å². The van der Waals surface area contributed by atoms with Crippen molar-refractivity contribution in [3.05, 3.63) is 100 Å². The molecular weight excluding hydrogens is 466 g/mol. The van der Waals surface area contributed by atoms with Crippen molar-refractivity contribution in [1.82, 2.24) is 4.90 Å². The molecule has 3 aromatic carbocycles. The quantitative estimate of drug-likeness (QED) is 0.307. The zero-order valence-electron chi connectivity index (χ0n) is 22.8. The number of rotatable bonds is 8. The lowest BCUT2D eigenvalue weighted by Gasteiger charge is -2.35. The van der Waals surface area contributed by atoms with Crippen LogP contribution in [0, 0.1) is 5.41 Å². The maximum atomic E-state index is 13.7. The highest BCUT2D eigenvalue weighted by molar-refractivity contribution is 6.31. The fraction of sp³-hybridized carbons (Fsp3) is 0.406. The van der Waals surface area contributed by atoms with E-state index in [1.54, 1.807) is 0 Å². The topological polar surface area (TPSA) is 29.5 Å². The summed E-state index contributed by atoms with van der Waals surface area (Å²) in [6.45, 7) is 16.2. The first-order valence-corrected chi connectivity index (χ1v) is 13.1. The maximum absolute atomic E-state index is 13.7. The van der Waals surface area contributed by atoms with Crippen LogP contribution in [0.3, 0.4) is 0 Å². The average Bonchev–Trinajstić information content (AvgIpc) is 2.80. The smallest absolute Gasteiger partial charge is 0.227 e. The predicted octanol–water partition coefficient (Wildman–Crippen LogP) is 8.39. The number of carbonyl (C=O) groups is 1. The van der Waals surface area contributed by atoms with Gasteiger partial charge in [-0.2, -0.15) is 0 Å². The van der Waals surface area contributed by atoms with E-state index < -0.39 is 0 Å². The molecule has 0 aliphatic heterocycles. The molecule has 0 radical (unpaired) electrons. The molecule has 1 amide bonds. The minimum absolute atomic E-state index is 0.0370. The number of hydrogen-bond donors (Lipinski definition) is 0. The fourth-order valence-corrected chi connectivity index (χ4v) is 4.55. The van der Waals surface area contributed by atoms with Crippen LogP contribution in [0.2, 0.25) is 5.02 Å². The van der Waals surface area contributed by atoms with E-state index in [2.05, 4.69) is 60.6 Å². The molecule has 36 heavy (non-hydrogen) atoms. The van der Waals surface area contributed by atoms with E-state index >= 15 is 0 Å². The first-order valence-electron chi connectivity index (χ1n) is 12.7. The first kappa shape index (κ1) is 27.8. The summed E-state index contributed by atoms with van der Waals surface area (Å²) in [5.41, 5.74) is 4.28. The molecule has 0 heterocycles. The van der Waals surface area contributed by atoms with Crippen LogP contribution in [-0.4, -0.2) is 17.4 Å².